The number of aromatic nitrogens is 3. The van der Waals surface area contributed by atoms with E-state index in [0.29, 0.717) is 13.1 Å². The Kier molecular flexibility index (Phi) is 4.69. The summed E-state index contributed by atoms with van der Waals surface area (Å²) in [7, 11) is 1.86. The Morgan fingerprint density at radius 3 is 2.72 bits per heavy atom. The van der Waals surface area contributed by atoms with Crippen molar-refractivity contribution in [3.8, 4) is 0 Å². The molecule has 0 aromatic carbocycles. The zero-order chi connectivity index (χ0) is 12.8. The molecule has 1 aliphatic rings. The van der Waals surface area contributed by atoms with Crippen LogP contribution in [0.1, 0.15) is 31.4 Å². The highest BCUT2D eigenvalue weighted by Gasteiger charge is 2.16. The monoisotopic (exact) mass is 251 g/mol. The minimum atomic E-state index is 0.151. The number of hydrogen-bond acceptors (Lipinski definition) is 4. The molecule has 0 unspecified atom stereocenters. The Morgan fingerprint density at radius 2 is 2.06 bits per heavy atom. The standard InChI is InChI=1S/C12H21N5O/c1-13-8-11-9-17(15-14-11)10-12(18)16-6-4-2-3-5-7-16/h9,13H,2-8,10H2,1H3. The van der Waals surface area contributed by atoms with Gasteiger partial charge in [-0.2, -0.15) is 0 Å². The van der Waals surface area contributed by atoms with Crippen molar-refractivity contribution in [1.82, 2.24) is 25.2 Å². The highest BCUT2D eigenvalue weighted by molar-refractivity contribution is 5.75. The number of carbonyl (C=O) groups is 1. The Hall–Kier alpha value is -1.43. The summed E-state index contributed by atoms with van der Waals surface area (Å²) in [5.74, 6) is 0.151. The Morgan fingerprint density at radius 1 is 1.33 bits per heavy atom. The Bertz CT molecular complexity index is 382. The molecule has 1 aromatic rings. The van der Waals surface area contributed by atoms with Gasteiger partial charge in [0, 0.05) is 19.6 Å². The Labute approximate surface area is 107 Å². The summed E-state index contributed by atoms with van der Waals surface area (Å²) in [5.41, 5.74) is 0.862. The maximum atomic E-state index is 12.1. The van der Waals surface area contributed by atoms with E-state index >= 15 is 0 Å². The fourth-order valence-electron chi connectivity index (χ4n) is 2.24. The van der Waals surface area contributed by atoms with Gasteiger partial charge in [0.15, 0.2) is 0 Å². The second-order valence-corrected chi connectivity index (χ2v) is 4.73. The molecule has 0 spiro atoms. The van der Waals surface area contributed by atoms with Crippen molar-refractivity contribution in [1.29, 1.82) is 0 Å². The van der Waals surface area contributed by atoms with Crippen molar-refractivity contribution in [2.75, 3.05) is 20.1 Å². The van der Waals surface area contributed by atoms with Crippen molar-refractivity contribution in [3.63, 3.8) is 0 Å². The fourth-order valence-corrected chi connectivity index (χ4v) is 2.24. The van der Waals surface area contributed by atoms with Crippen LogP contribution < -0.4 is 5.32 Å². The highest BCUT2D eigenvalue weighted by atomic mass is 16.2. The van der Waals surface area contributed by atoms with Crippen molar-refractivity contribution in [2.24, 2.45) is 0 Å². The molecule has 18 heavy (non-hydrogen) atoms. The van der Waals surface area contributed by atoms with E-state index in [1.165, 1.54) is 12.8 Å². The van der Waals surface area contributed by atoms with Gasteiger partial charge >= 0.3 is 0 Å². The number of likely N-dealkylation sites (tertiary alicyclic amines) is 1. The molecule has 2 heterocycles. The van der Waals surface area contributed by atoms with E-state index in [2.05, 4.69) is 15.6 Å². The quantitative estimate of drug-likeness (QED) is 0.841. The van der Waals surface area contributed by atoms with Crippen LogP contribution in [0, 0.1) is 0 Å². The first-order valence-electron chi connectivity index (χ1n) is 6.61. The van der Waals surface area contributed by atoms with Gasteiger partial charge in [0.1, 0.15) is 6.54 Å². The van der Waals surface area contributed by atoms with Crippen molar-refractivity contribution < 1.29 is 4.79 Å². The first-order chi connectivity index (χ1) is 8.79. The first kappa shape index (κ1) is 13.0. The van der Waals surface area contributed by atoms with E-state index in [9.17, 15) is 4.79 Å². The number of nitrogens with zero attached hydrogens (tertiary/aromatic N) is 4. The molecule has 2 rings (SSSR count). The molecule has 1 aromatic heterocycles. The van der Waals surface area contributed by atoms with Crippen LogP contribution in [0.25, 0.3) is 0 Å². The summed E-state index contributed by atoms with van der Waals surface area (Å²) in [6.07, 6.45) is 6.53. The second kappa shape index (κ2) is 6.49. The second-order valence-electron chi connectivity index (χ2n) is 4.73. The van der Waals surface area contributed by atoms with Gasteiger partial charge in [-0.15, -0.1) is 5.10 Å². The highest BCUT2D eigenvalue weighted by Crippen LogP contribution is 2.10. The predicted molar refractivity (Wildman–Crippen MR) is 67.8 cm³/mol. The van der Waals surface area contributed by atoms with Crippen molar-refractivity contribution in [3.05, 3.63) is 11.9 Å². The van der Waals surface area contributed by atoms with Gasteiger partial charge in [-0.3, -0.25) is 4.79 Å². The van der Waals surface area contributed by atoms with Gasteiger partial charge in [0.25, 0.3) is 0 Å². The lowest BCUT2D eigenvalue weighted by Gasteiger charge is -2.19. The van der Waals surface area contributed by atoms with Gasteiger partial charge in [-0.05, 0) is 19.9 Å². The van der Waals surface area contributed by atoms with E-state index in [1.807, 2.05) is 18.1 Å². The lowest BCUT2D eigenvalue weighted by molar-refractivity contribution is -0.132. The van der Waals surface area contributed by atoms with Gasteiger partial charge < -0.3 is 10.2 Å². The average molecular weight is 251 g/mol. The van der Waals surface area contributed by atoms with Crippen LogP contribution in [0.15, 0.2) is 6.20 Å². The zero-order valence-corrected chi connectivity index (χ0v) is 10.9. The SMILES string of the molecule is CNCc1cn(CC(=O)N2CCCCCC2)nn1. The molecule has 6 nitrogen and oxygen atoms in total. The van der Waals surface area contributed by atoms with E-state index in [0.717, 1.165) is 31.6 Å². The molecule has 0 radical (unpaired) electrons. The summed E-state index contributed by atoms with van der Waals surface area (Å²) in [5, 5.41) is 11.0. The molecule has 0 atom stereocenters. The molecule has 0 saturated carbocycles. The topological polar surface area (TPSA) is 63.1 Å². The Balaban J connectivity index is 1.88. The smallest absolute Gasteiger partial charge is 0.244 e. The number of rotatable bonds is 4. The van der Waals surface area contributed by atoms with Gasteiger partial charge in [0.05, 0.1) is 11.9 Å². The summed E-state index contributed by atoms with van der Waals surface area (Å²) >= 11 is 0. The van der Waals surface area contributed by atoms with Crippen LogP contribution in [-0.4, -0.2) is 45.9 Å². The van der Waals surface area contributed by atoms with E-state index in [4.69, 9.17) is 0 Å². The largest absolute Gasteiger partial charge is 0.341 e. The van der Waals surface area contributed by atoms with Crippen molar-refractivity contribution in [2.45, 2.75) is 38.8 Å². The lowest BCUT2D eigenvalue weighted by atomic mass is 10.2. The minimum absolute atomic E-state index is 0.151. The first-order valence-corrected chi connectivity index (χ1v) is 6.61. The molecule has 100 valence electrons. The summed E-state index contributed by atoms with van der Waals surface area (Å²) in [6.45, 7) is 2.75. The zero-order valence-electron chi connectivity index (χ0n) is 10.9. The third-order valence-electron chi connectivity index (χ3n) is 3.20. The maximum Gasteiger partial charge on any atom is 0.244 e. The fraction of sp³-hybridized carbons (Fsp3) is 0.750. The predicted octanol–water partition coefficient (Wildman–Crippen LogP) is 0.400. The van der Waals surface area contributed by atoms with Crippen LogP contribution in [0.3, 0.4) is 0 Å². The third kappa shape index (κ3) is 3.53. The molecular weight excluding hydrogens is 230 g/mol. The van der Waals surface area contributed by atoms with Gasteiger partial charge in [-0.1, -0.05) is 18.1 Å². The molecule has 1 amide bonds. The van der Waals surface area contributed by atoms with Crippen LogP contribution in [0.5, 0.6) is 0 Å². The van der Waals surface area contributed by atoms with Crippen LogP contribution in [0.4, 0.5) is 0 Å². The normalized spacial score (nSPS) is 16.6. The molecule has 1 aliphatic heterocycles. The summed E-state index contributed by atoms with van der Waals surface area (Å²) in [4.78, 5) is 14.1. The van der Waals surface area contributed by atoms with Gasteiger partial charge in [-0.25, -0.2) is 4.68 Å². The molecule has 1 N–H and O–H groups in total. The number of carbonyl (C=O) groups excluding carboxylic acids is 1. The molecule has 6 heteroatoms. The number of amides is 1. The van der Waals surface area contributed by atoms with E-state index < -0.39 is 0 Å². The number of nitrogens with one attached hydrogen (secondary N) is 1. The molecule has 1 saturated heterocycles. The molecule has 0 bridgehead atoms. The summed E-state index contributed by atoms with van der Waals surface area (Å²) < 4.78 is 1.62. The van der Waals surface area contributed by atoms with Crippen LogP contribution in [0.2, 0.25) is 0 Å². The number of hydrogen-bond donors (Lipinski definition) is 1. The molecule has 0 aliphatic carbocycles. The van der Waals surface area contributed by atoms with Crippen molar-refractivity contribution >= 4 is 5.91 Å². The maximum absolute atomic E-state index is 12.1. The minimum Gasteiger partial charge on any atom is -0.341 e. The molecule has 1 fully saturated rings. The average Bonchev–Trinajstić information content (AvgIpc) is 2.65. The lowest BCUT2D eigenvalue weighted by Crippen LogP contribution is -2.34. The third-order valence-corrected chi connectivity index (χ3v) is 3.20. The van der Waals surface area contributed by atoms with E-state index in [1.54, 1.807) is 4.68 Å². The van der Waals surface area contributed by atoms with Crippen LogP contribution >= 0.6 is 0 Å². The van der Waals surface area contributed by atoms with E-state index in [-0.39, 0.29) is 5.91 Å². The van der Waals surface area contributed by atoms with Gasteiger partial charge in [0.2, 0.25) is 5.91 Å². The summed E-state index contributed by atoms with van der Waals surface area (Å²) in [6, 6.07) is 0. The van der Waals surface area contributed by atoms with Crippen LogP contribution in [-0.2, 0) is 17.9 Å². The molecular formula is C12H21N5O.